The molecule has 1 aromatic heterocycles. The highest BCUT2D eigenvalue weighted by Gasteiger charge is 2.35. The average molecular weight is 434 g/mol. The molecule has 2 atom stereocenters. The molecule has 1 heterocycles. The minimum Gasteiger partial charge on any atom is -0.481 e. The maximum atomic E-state index is 12.6. The Kier molecular flexibility index (Phi) is 6.50. The molecular formula is C19H22N4O6S. The Morgan fingerprint density at radius 2 is 1.70 bits per heavy atom. The van der Waals surface area contributed by atoms with E-state index in [2.05, 4.69) is 20.0 Å². The normalized spacial score (nSPS) is 19.0. The number of carbonyl (C=O) groups excluding carboxylic acids is 1. The molecule has 0 saturated heterocycles. The zero-order valence-corrected chi connectivity index (χ0v) is 17.1. The summed E-state index contributed by atoms with van der Waals surface area (Å²) in [6.07, 6.45) is 5.28. The molecule has 160 valence electrons. The minimum absolute atomic E-state index is 0.0328. The number of carboxylic acid groups (broad SMARTS) is 1. The number of hydrogen-bond acceptors (Lipinski definition) is 7. The molecule has 1 amide bonds. The number of nitrogens with zero attached hydrogens (tertiary/aromatic N) is 2. The first-order valence-corrected chi connectivity index (χ1v) is 10.8. The van der Waals surface area contributed by atoms with E-state index in [1.807, 2.05) is 0 Å². The van der Waals surface area contributed by atoms with Crippen LogP contribution in [0.25, 0.3) is 0 Å². The fraction of sp³-hybridized carbons (Fsp3) is 0.368. The summed E-state index contributed by atoms with van der Waals surface area (Å²) < 4.78 is 32.5. The zero-order chi connectivity index (χ0) is 21.7. The molecule has 3 N–H and O–H groups in total. The molecule has 3 rings (SSSR count). The standard InChI is InChI=1S/C19H22N4O6S/c1-29-18-16(20-10-11-21-18)23-30(27,28)13-8-6-12(7-9-13)22-17(24)14-4-2-3-5-15(14)19(25)26/h6-11,14-15H,2-5H2,1H3,(H,20,23)(H,22,24)(H,25,26). The summed E-state index contributed by atoms with van der Waals surface area (Å²) in [5.74, 6) is -2.67. The smallest absolute Gasteiger partial charge is 0.307 e. The van der Waals surface area contributed by atoms with Crippen molar-refractivity contribution in [1.29, 1.82) is 0 Å². The van der Waals surface area contributed by atoms with Gasteiger partial charge in [0.15, 0.2) is 0 Å². The van der Waals surface area contributed by atoms with Gasteiger partial charge < -0.3 is 15.2 Å². The van der Waals surface area contributed by atoms with Crippen molar-refractivity contribution in [2.75, 3.05) is 17.1 Å². The van der Waals surface area contributed by atoms with E-state index in [1.54, 1.807) is 0 Å². The molecule has 0 bridgehead atoms. The molecule has 10 nitrogen and oxygen atoms in total. The predicted octanol–water partition coefficient (Wildman–Crippen LogP) is 2.12. The van der Waals surface area contributed by atoms with Crippen LogP contribution in [-0.2, 0) is 19.6 Å². The van der Waals surface area contributed by atoms with Crippen LogP contribution in [0, 0.1) is 11.8 Å². The Morgan fingerprint density at radius 3 is 2.33 bits per heavy atom. The van der Waals surface area contributed by atoms with E-state index in [-0.39, 0.29) is 22.5 Å². The molecule has 1 aliphatic carbocycles. The highest BCUT2D eigenvalue weighted by molar-refractivity contribution is 7.92. The van der Waals surface area contributed by atoms with Crippen LogP contribution in [0.5, 0.6) is 5.88 Å². The first-order chi connectivity index (χ1) is 14.3. The summed E-state index contributed by atoms with van der Waals surface area (Å²) in [7, 11) is -2.61. The first kappa shape index (κ1) is 21.5. The summed E-state index contributed by atoms with van der Waals surface area (Å²) >= 11 is 0. The predicted molar refractivity (Wildman–Crippen MR) is 108 cm³/mol. The number of carboxylic acids is 1. The van der Waals surface area contributed by atoms with E-state index < -0.39 is 27.8 Å². The second-order valence-corrected chi connectivity index (χ2v) is 8.55. The third kappa shape index (κ3) is 4.85. The molecule has 11 heteroatoms. The van der Waals surface area contributed by atoms with Gasteiger partial charge in [-0.2, -0.15) is 0 Å². The number of anilines is 2. The van der Waals surface area contributed by atoms with Crippen LogP contribution in [-0.4, -0.2) is 42.5 Å². The number of aromatic nitrogens is 2. The lowest BCUT2D eigenvalue weighted by molar-refractivity contribution is -0.147. The van der Waals surface area contributed by atoms with E-state index in [1.165, 1.54) is 43.8 Å². The minimum atomic E-state index is -3.95. The highest BCUT2D eigenvalue weighted by Crippen LogP contribution is 2.31. The number of rotatable bonds is 7. The van der Waals surface area contributed by atoms with Crippen molar-refractivity contribution in [2.24, 2.45) is 11.8 Å². The maximum Gasteiger partial charge on any atom is 0.307 e. The number of nitrogens with one attached hydrogen (secondary N) is 2. The van der Waals surface area contributed by atoms with Gasteiger partial charge in [-0.05, 0) is 37.1 Å². The summed E-state index contributed by atoms with van der Waals surface area (Å²) in [5, 5.41) is 12.0. The lowest BCUT2D eigenvalue weighted by Gasteiger charge is -2.27. The Labute approximate surface area is 173 Å². The number of sulfonamides is 1. The monoisotopic (exact) mass is 434 g/mol. The lowest BCUT2D eigenvalue weighted by atomic mass is 9.78. The average Bonchev–Trinajstić information content (AvgIpc) is 2.74. The molecule has 1 saturated carbocycles. The van der Waals surface area contributed by atoms with Crippen LogP contribution < -0.4 is 14.8 Å². The van der Waals surface area contributed by atoms with Crippen molar-refractivity contribution in [3.63, 3.8) is 0 Å². The molecule has 0 aliphatic heterocycles. The van der Waals surface area contributed by atoms with Crippen molar-refractivity contribution in [3.8, 4) is 5.88 Å². The SMILES string of the molecule is COc1nccnc1NS(=O)(=O)c1ccc(NC(=O)C2CCCCC2C(=O)O)cc1. The van der Waals surface area contributed by atoms with Gasteiger partial charge in [0.1, 0.15) is 0 Å². The molecule has 0 radical (unpaired) electrons. The molecule has 1 aromatic carbocycles. The van der Waals surface area contributed by atoms with Crippen molar-refractivity contribution in [2.45, 2.75) is 30.6 Å². The van der Waals surface area contributed by atoms with Crippen LogP contribution >= 0.6 is 0 Å². The van der Waals surface area contributed by atoms with Gasteiger partial charge in [0.2, 0.25) is 11.7 Å². The lowest BCUT2D eigenvalue weighted by Crippen LogP contribution is -2.36. The number of aliphatic carboxylic acids is 1. The van der Waals surface area contributed by atoms with Crippen LogP contribution in [0.1, 0.15) is 25.7 Å². The summed E-state index contributed by atoms with van der Waals surface area (Å²) in [4.78, 5) is 31.7. The van der Waals surface area contributed by atoms with Crippen molar-refractivity contribution in [1.82, 2.24) is 9.97 Å². The third-order valence-electron chi connectivity index (χ3n) is 4.94. The summed E-state index contributed by atoms with van der Waals surface area (Å²) in [6.45, 7) is 0. The van der Waals surface area contributed by atoms with Crippen LogP contribution in [0.15, 0.2) is 41.6 Å². The molecular weight excluding hydrogens is 412 g/mol. The van der Waals surface area contributed by atoms with Crippen LogP contribution in [0.3, 0.4) is 0 Å². The first-order valence-electron chi connectivity index (χ1n) is 9.33. The number of benzene rings is 1. The molecule has 1 fully saturated rings. The van der Waals surface area contributed by atoms with Crippen molar-refractivity contribution >= 4 is 33.4 Å². The zero-order valence-electron chi connectivity index (χ0n) is 16.2. The fourth-order valence-corrected chi connectivity index (χ4v) is 4.43. The second-order valence-electron chi connectivity index (χ2n) is 6.87. The van der Waals surface area contributed by atoms with E-state index in [9.17, 15) is 23.1 Å². The summed E-state index contributed by atoms with van der Waals surface area (Å²) in [6, 6.07) is 5.55. The Balaban J connectivity index is 1.71. The maximum absolute atomic E-state index is 12.6. The fourth-order valence-electron chi connectivity index (χ4n) is 3.42. The van der Waals surface area contributed by atoms with E-state index >= 15 is 0 Å². The quantitative estimate of drug-likeness (QED) is 0.600. The number of hydrogen-bond donors (Lipinski definition) is 3. The second kappa shape index (κ2) is 9.08. The van der Waals surface area contributed by atoms with Crippen LogP contribution in [0.4, 0.5) is 11.5 Å². The Bertz CT molecular complexity index is 1030. The third-order valence-corrected chi connectivity index (χ3v) is 6.30. The van der Waals surface area contributed by atoms with Gasteiger partial charge >= 0.3 is 5.97 Å². The number of methoxy groups -OCH3 is 1. The van der Waals surface area contributed by atoms with Crippen molar-refractivity contribution < 1.29 is 27.9 Å². The number of carbonyl (C=O) groups is 2. The van der Waals surface area contributed by atoms with Gasteiger partial charge in [-0.1, -0.05) is 12.8 Å². The van der Waals surface area contributed by atoms with Gasteiger partial charge in [-0.3, -0.25) is 14.3 Å². The Morgan fingerprint density at radius 1 is 1.07 bits per heavy atom. The van der Waals surface area contributed by atoms with E-state index in [4.69, 9.17) is 4.74 Å². The largest absolute Gasteiger partial charge is 0.481 e. The van der Waals surface area contributed by atoms with E-state index in [0.717, 1.165) is 12.8 Å². The molecule has 2 aromatic rings. The highest BCUT2D eigenvalue weighted by atomic mass is 32.2. The molecule has 2 unspecified atom stereocenters. The molecule has 30 heavy (non-hydrogen) atoms. The van der Waals surface area contributed by atoms with Gasteiger partial charge in [0.25, 0.3) is 15.9 Å². The number of ether oxygens (including phenoxy) is 1. The van der Waals surface area contributed by atoms with Gasteiger partial charge in [-0.25, -0.2) is 18.4 Å². The Hall–Kier alpha value is -3.21. The van der Waals surface area contributed by atoms with Crippen LogP contribution in [0.2, 0.25) is 0 Å². The van der Waals surface area contributed by atoms with Gasteiger partial charge in [0, 0.05) is 18.1 Å². The topological polar surface area (TPSA) is 148 Å². The number of amides is 1. The van der Waals surface area contributed by atoms with Gasteiger partial charge in [-0.15, -0.1) is 0 Å². The molecule has 1 aliphatic rings. The summed E-state index contributed by atoms with van der Waals surface area (Å²) in [5.41, 5.74) is 0.380. The van der Waals surface area contributed by atoms with Crippen molar-refractivity contribution in [3.05, 3.63) is 36.7 Å². The van der Waals surface area contributed by atoms with E-state index in [0.29, 0.717) is 18.5 Å². The molecule has 0 spiro atoms. The van der Waals surface area contributed by atoms with Gasteiger partial charge in [0.05, 0.1) is 23.8 Å².